The fourth-order valence-electron chi connectivity index (χ4n) is 5.21. The highest BCUT2D eigenvalue weighted by Crippen LogP contribution is 2.33. The summed E-state index contributed by atoms with van der Waals surface area (Å²) < 4.78 is 11.3. The second-order valence-electron chi connectivity index (χ2n) is 11.7. The highest BCUT2D eigenvalue weighted by Gasteiger charge is 2.17. The Morgan fingerprint density at radius 3 is 2.24 bits per heavy atom. The average molecular weight is 800 g/mol. The number of hydrazone groups is 2. The lowest BCUT2D eigenvalue weighted by Crippen LogP contribution is -2.20. The highest BCUT2D eigenvalue weighted by molar-refractivity contribution is 7.14. The fourth-order valence-corrected chi connectivity index (χ4v) is 7.14. The van der Waals surface area contributed by atoms with Crippen LogP contribution in [0.3, 0.4) is 0 Å². The summed E-state index contributed by atoms with van der Waals surface area (Å²) in [5.74, 6) is -0.407. The first-order chi connectivity index (χ1) is 26.4. The topological polar surface area (TPSA) is 122 Å². The monoisotopic (exact) mass is 798 g/mol. The number of thiazole rings is 2. The number of halogens is 2. The van der Waals surface area contributed by atoms with Crippen LogP contribution >= 0.6 is 45.9 Å². The van der Waals surface area contributed by atoms with Crippen molar-refractivity contribution in [3.8, 4) is 22.5 Å². The second kappa shape index (κ2) is 19.4. The summed E-state index contributed by atoms with van der Waals surface area (Å²) >= 11 is 15.6. The lowest BCUT2D eigenvalue weighted by Gasteiger charge is -2.18. The number of hydrogen-bond acceptors (Lipinski definition) is 12. The number of esters is 1. The zero-order valence-electron chi connectivity index (χ0n) is 29.1. The minimum atomic E-state index is -1.20. The van der Waals surface area contributed by atoms with Gasteiger partial charge in [0.05, 0.1) is 42.6 Å². The van der Waals surface area contributed by atoms with Crippen molar-refractivity contribution in [3.05, 3.63) is 140 Å². The molecule has 276 valence electrons. The van der Waals surface area contributed by atoms with Crippen LogP contribution in [-0.4, -0.2) is 53.2 Å². The number of benzene rings is 4. The molecule has 6 aromatic rings. The number of carbonyl (C=O) groups is 1. The van der Waals surface area contributed by atoms with Gasteiger partial charge in [0.15, 0.2) is 6.29 Å². The largest absolute Gasteiger partial charge is 0.462 e. The molecule has 4 aromatic carbocycles. The van der Waals surface area contributed by atoms with Crippen molar-refractivity contribution in [2.45, 2.75) is 26.1 Å². The van der Waals surface area contributed by atoms with Gasteiger partial charge in [0, 0.05) is 55.2 Å². The molecule has 0 aliphatic heterocycles. The Hall–Kier alpha value is -4.95. The van der Waals surface area contributed by atoms with Crippen molar-refractivity contribution < 1.29 is 19.4 Å². The molecule has 1 unspecified atom stereocenters. The molecule has 10 nitrogen and oxygen atoms in total. The molecule has 0 aliphatic carbocycles. The zero-order chi connectivity index (χ0) is 37.7. The van der Waals surface area contributed by atoms with E-state index in [1.165, 1.54) is 22.7 Å². The minimum Gasteiger partial charge on any atom is -0.462 e. The number of nitrogens with one attached hydrogen (secondary N) is 1. The van der Waals surface area contributed by atoms with Gasteiger partial charge in [-0.1, -0.05) is 109 Å². The molecule has 6 rings (SSSR count). The van der Waals surface area contributed by atoms with Gasteiger partial charge < -0.3 is 14.6 Å². The number of aliphatic hydroxyl groups is 1. The van der Waals surface area contributed by atoms with Crippen LogP contribution < -0.4 is 10.4 Å². The molecule has 1 atom stereocenters. The van der Waals surface area contributed by atoms with Crippen molar-refractivity contribution in [1.82, 2.24) is 9.97 Å². The Kier molecular flexibility index (Phi) is 13.9. The first kappa shape index (κ1) is 38.8. The van der Waals surface area contributed by atoms with Crippen molar-refractivity contribution >= 4 is 74.5 Å². The summed E-state index contributed by atoms with van der Waals surface area (Å²) in [6.45, 7) is 2.89. The zero-order valence-corrected chi connectivity index (χ0v) is 32.3. The van der Waals surface area contributed by atoms with E-state index < -0.39 is 12.3 Å². The molecular weight excluding hydrogens is 764 g/mol. The number of rotatable bonds is 17. The Bertz CT molecular complexity index is 2230. The summed E-state index contributed by atoms with van der Waals surface area (Å²) in [6.07, 6.45) is 3.25. The van der Waals surface area contributed by atoms with E-state index >= 15 is 0 Å². The molecule has 0 radical (unpaired) electrons. The number of aromatic nitrogens is 2. The molecule has 2 aromatic heterocycles. The SMILES string of the molecule is CCCOC(=O)c1ccccc1/C=N/N(CCCOC(O)c1ccccc1/C=N/Nc1nc(-c2ccccc2Cl)cs1)c1nc(-c2ccccc2Cl)cs1. The number of nitrogens with zero attached hydrogens (tertiary/aromatic N) is 5. The molecule has 0 spiro atoms. The van der Waals surface area contributed by atoms with Gasteiger partial charge in [0.1, 0.15) is 0 Å². The standard InChI is InChI=1S/C40H36Cl2N6O4S2/c1-2-21-51-37(49)30-15-6-4-13-28(30)24-44-48(40-46-36(26-54-40)32-17-8-10-19-34(32)42)20-11-22-52-38(50)29-14-5-3-12-27(29)23-43-47-39-45-35(25-53-39)31-16-7-9-18-33(31)41/h3-10,12-19,23-26,38,50H,2,11,20-22H2,1H3,(H,45,47)/b43-23+,44-24+. The average Bonchev–Trinajstić information content (AvgIpc) is 3.88. The lowest BCUT2D eigenvalue weighted by atomic mass is 10.1. The number of hydrogen-bond donors (Lipinski definition) is 2. The van der Waals surface area contributed by atoms with E-state index in [4.69, 9.17) is 42.8 Å². The minimum absolute atomic E-state index is 0.212. The van der Waals surface area contributed by atoms with Crippen LogP contribution in [0.5, 0.6) is 0 Å². The number of anilines is 2. The Balaban J connectivity index is 1.11. The normalized spacial score (nSPS) is 12.0. The maximum atomic E-state index is 12.8. The van der Waals surface area contributed by atoms with Gasteiger partial charge in [-0.3, -0.25) is 5.43 Å². The molecule has 14 heteroatoms. The van der Waals surface area contributed by atoms with Crippen LogP contribution in [0.25, 0.3) is 22.5 Å². The van der Waals surface area contributed by atoms with Crippen molar-refractivity contribution in [3.63, 3.8) is 0 Å². The predicted octanol–water partition coefficient (Wildman–Crippen LogP) is 10.2. The molecule has 2 heterocycles. The van der Waals surface area contributed by atoms with Crippen LogP contribution in [0.2, 0.25) is 10.0 Å². The maximum absolute atomic E-state index is 12.8. The van der Waals surface area contributed by atoms with E-state index in [0.717, 1.165) is 28.9 Å². The third kappa shape index (κ3) is 10.2. The summed E-state index contributed by atoms with van der Waals surface area (Å²) in [4.78, 5) is 22.2. The number of ether oxygens (including phenoxy) is 2. The van der Waals surface area contributed by atoms with Gasteiger partial charge in [-0.05, 0) is 31.0 Å². The first-order valence-corrected chi connectivity index (χ1v) is 19.6. The van der Waals surface area contributed by atoms with Gasteiger partial charge in [-0.25, -0.2) is 19.8 Å². The summed E-state index contributed by atoms with van der Waals surface area (Å²) in [5, 5.41) is 28.2. The van der Waals surface area contributed by atoms with E-state index in [9.17, 15) is 9.90 Å². The highest BCUT2D eigenvalue weighted by atomic mass is 35.5. The fraction of sp³-hybridized carbons (Fsp3) is 0.175. The van der Waals surface area contributed by atoms with Crippen molar-refractivity contribution in [1.29, 1.82) is 0 Å². The van der Waals surface area contributed by atoms with Crippen LogP contribution in [0, 0.1) is 0 Å². The summed E-state index contributed by atoms with van der Waals surface area (Å²) in [6, 6.07) is 29.5. The Labute approximate surface area is 331 Å². The molecule has 0 fully saturated rings. The van der Waals surface area contributed by atoms with Crippen molar-refractivity contribution in [2.24, 2.45) is 10.2 Å². The maximum Gasteiger partial charge on any atom is 0.338 e. The quantitative estimate of drug-likeness (QED) is 0.0308. The van der Waals surface area contributed by atoms with E-state index in [0.29, 0.717) is 62.1 Å². The van der Waals surface area contributed by atoms with Crippen LogP contribution in [0.4, 0.5) is 10.3 Å². The molecule has 2 N–H and O–H groups in total. The van der Waals surface area contributed by atoms with Crippen LogP contribution in [0.1, 0.15) is 53.1 Å². The molecule has 0 saturated heterocycles. The van der Waals surface area contributed by atoms with E-state index in [2.05, 4.69) is 15.5 Å². The lowest BCUT2D eigenvalue weighted by molar-refractivity contribution is -0.103. The Morgan fingerprint density at radius 2 is 1.50 bits per heavy atom. The summed E-state index contributed by atoms with van der Waals surface area (Å²) in [5.41, 5.74) is 8.36. The third-order valence-corrected chi connectivity index (χ3v) is 10.1. The van der Waals surface area contributed by atoms with Gasteiger partial charge in [0.25, 0.3) is 0 Å². The molecule has 0 bridgehead atoms. The molecule has 0 aliphatic rings. The van der Waals surface area contributed by atoms with Gasteiger partial charge >= 0.3 is 5.97 Å². The third-order valence-electron chi connectivity index (χ3n) is 7.89. The van der Waals surface area contributed by atoms with E-state index in [1.807, 2.05) is 96.5 Å². The summed E-state index contributed by atoms with van der Waals surface area (Å²) in [7, 11) is 0. The Morgan fingerprint density at radius 1 is 0.852 bits per heavy atom. The molecule has 54 heavy (non-hydrogen) atoms. The number of aliphatic hydroxyl groups excluding tert-OH is 1. The second-order valence-corrected chi connectivity index (χ2v) is 14.2. The van der Waals surface area contributed by atoms with E-state index in [1.54, 1.807) is 35.6 Å². The van der Waals surface area contributed by atoms with E-state index in [-0.39, 0.29) is 6.61 Å². The molecule has 0 amide bonds. The molecular formula is C40H36Cl2N6O4S2. The van der Waals surface area contributed by atoms with Gasteiger partial charge in [-0.2, -0.15) is 10.2 Å². The number of carbonyl (C=O) groups excluding carboxylic acids is 1. The van der Waals surface area contributed by atoms with Crippen molar-refractivity contribution in [2.75, 3.05) is 30.2 Å². The smallest absolute Gasteiger partial charge is 0.338 e. The van der Waals surface area contributed by atoms with Crippen LogP contribution in [0.15, 0.2) is 118 Å². The van der Waals surface area contributed by atoms with Crippen LogP contribution in [-0.2, 0) is 9.47 Å². The first-order valence-electron chi connectivity index (χ1n) is 17.1. The van der Waals surface area contributed by atoms with Gasteiger partial charge in [0.2, 0.25) is 10.3 Å². The van der Waals surface area contributed by atoms with Gasteiger partial charge in [-0.15, -0.1) is 22.7 Å². The predicted molar refractivity (Wildman–Crippen MR) is 220 cm³/mol. The molecule has 0 saturated carbocycles.